The molecule has 2 aliphatic rings. The zero-order valence-electron chi connectivity index (χ0n) is 13.5. The van der Waals surface area contributed by atoms with Gasteiger partial charge in [0.15, 0.2) is 5.82 Å². The summed E-state index contributed by atoms with van der Waals surface area (Å²) in [5.41, 5.74) is 2.32. The molecular weight excluding hydrogens is 262 g/mol. The first kappa shape index (κ1) is 14.9. The molecule has 2 atom stereocenters. The molecule has 0 radical (unpaired) electrons. The Morgan fingerprint density at radius 2 is 2.33 bits per heavy atom. The van der Waals surface area contributed by atoms with Crippen molar-refractivity contribution in [1.29, 1.82) is 0 Å². The Morgan fingerprint density at radius 3 is 3.05 bits per heavy atom. The maximum absolute atomic E-state index is 5.87. The van der Waals surface area contributed by atoms with E-state index in [2.05, 4.69) is 31.1 Å². The first-order valence-electron chi connectivity index (χ1n) is 8.29. The molecule has 1 aromatic heterocycles. The Labute approximate surface area is 127 Å². The number of rotatable bonds is 4. The van der Waals surface area contributed by atoms with E-state index in [-0.39, 0.29) is 5.60 Å². The number of ether oxygens (including phenoxy) is 1. The fourth-order valence-electron chi connectivity index (χ4n) is 3.37. The monoisotopic (exact) mass is 289 g/mol. The lowest BCUT2D eigenvalue weighted by molar-refractivity contribution is 0.00903. The largest absolute Gasteiger partial charge is 0.367 e. The van der Waals surface area contributed by atoms with E-state index >= 15 is 0 Å². The van der Waals surface area contributed by atoms with Gasteiger partial charge in [-0.25, -0.2) is 9.97 Å². The van der Waals surface area contributed by atoms with Crippen molar-refractivity contribution in [2.24, 2.45) is 5.92 Å². The van der Waals surface area contributed by atoms with Gasteiger partial charge in [-0.2, -0.15) is 0 Å². The minimum absolute atomic E-state index is 0.259. The zero-order valence-corrected chi connectivity index (χ0v) is 13.5. The van der Waals surface area contributed by atoms with Crippen LogP contribution in [-0.2, 0) is 23.2 Å². The normalized spacial score (nSPS) is 28.9. The number of aromatic nitrogens is 2. The molecule has 1 aromatic rings. The van der Waals surface area contributed by atoms with Crippen LogP contribution in [-0.4, -0.2) is 29.2 Å². The van der Waals surface area contributed by atoms with E-state index in [1.54, 1.807) is 0 Å². The molecule has 4 nitrogen and oxygen atoms in total. The summed E-state index contributed by atoms with van der Waals surface area (Å²) in [5.74, 6) is 1.60. The van der Waals surface area contributed by atoms with Gasteiger partial charge in [-0.15, -0.1) is 0 Å². The topological polar surface area (TPSA) is 47.0 Å². The molecule has 21 heavy (non-hydrogen) atoms. The van der Waals surface area contributed by atoms with Crippen molar-refractivity contribution in [3.05, 3.63) is 23.3 Å². The molecule has 2 heterocycles. The van der Waals surface area contributed by atoms with E-state index in [1.807, 2.05) is 6.20 Å². The summed E-state index contributed by atoms with van der Waals surface area (Å²) in [6.07, 6.45) is 7.60. The average molecular weight is 289 g/mol. The fourth-order valence-corrected chi connectivity index (χ4v) is 3.37. The summed E-state index contributed by atoms with van der Waals surface area (Å²) in [6, 6.07) is 0.560. The predicted molar refractivity (Wildman–Crippen MR) is 83.2 cm³/mol. The highest BCUT2D eigenvalue weighted by Gasteiger charge is 2.35. The van der Waals surface area contributed by atoms with Gasteiger partial charge in [-0.1, -0.05) is 13.8 Å². The molecule has 2 unspecified atom stereocenters. The lowest BCUT2D eigenvalue weighted by atomic mass is 9.87. The molecule has 4 heteroatoms. The van der Waals surface area contributed by atoms with E-state index in [0.29, 0.717) is 12.0 Å². The number of fused-ring (bicyclic) bond motifs is 1. The second-order valence-electron chi connectivity index (χ2n) is 7.02. The van der Waals surface area contributed by atoms with Gasteiger partial charge in [0.05, 0.1) is 0 Å². The maximum atomic E-state index is 5.87. The summed E-state index contributed by atoms with van der Waals surface area (Å²) in [4.78, 5) is 9.46. The highest BCUT2D eigenvalue weighted by molar-refractivity contribution is 5.23. The third-order valence-corrected chi connectivity index (χ3v) is 4.76. The van der Waals surface area contributed by atoms with Gasteiger partial charge < -0.3 is 10.1 Å². The lowest BCUT2D eigenvalue weighted by Gasteiger charge is -2.27. The van der Waals surface area contributed by atoms with Crippen LogP contribution in [0.3, 0.4) is 0 Å². The molecule has 1 saturated heterocycles. The van der Waals surface area contributed by atoms with Crippen LogP contribution in [0, 0.1) is 5.92 Å². The van der Waals surface area contributed by atoms with Gasteiger partial charge in [0, 0.05) is 24.5 Å². The first-order valence-corrected chi connectivity index (χ1v) is 8.29. The van der Waals surface area contributed by atoms with Crippen LogP contribution < -0.4 is 5.32 Å². The standard InChI is InChI=1S/C17H27N3O/c1-12(2)18-10-13-5-6-15-14(9-13)11-19-16(20-15)17(3)7-4-8-21-17/h11-13,18H,4-10H2,1-3H3. The third kappa shape index (κ3) is 3.27. The molecule has 3 rings (SSSR count). The first-order chi connectivity index (χ1) is 10.1. The Morgan fingerprint density at radius 1 is 1.48 bits per heavy atom. The van der Waals surface area contributed by atoms with Crippen molar-refractivity contribution in [3.8, 4) is 0 Å². The highest BCUT2D eigenvalue weighted by atomic mass is 16.5. The summed E-state index contributed by atoms with van der Waals surface area (Å²) >= 11 is 0. The summed E-state index contributed by atoms with van der Waals surface area (Å²) in [7, 11) is 0. The fraction of sp³-hybridized carbons (Fsp3) is 0.765. The zero-order chi connectivity index (χ0) is 14.9. The minimum Gasteiger partial charge on any atom is -0.367 e. The molecule has 0 amide bonds. The molecule has 0 aromatic carbocycles. The molecular formula is C17H27N3O. The van der Waals surface area contributed by atoms with E-state index in [1.165, 1.54) is 17.7 Å². The number of aryl methyl sites for hydroxylation is 1. The SMILES string of the molecule is CC(C)NCC1CCc2nc(C3(C)CCCO3)ncc2C1. The molecule has 0 spiro atoms. The van der Waals surface area contributed by atoms with Gasteiger partial charge in [0.1, 0.15) is 5.60 Å². The Balaban J connectivity index is 1.71. The average Bonchev–Trinajstić information content (AvgIpc) is 2.92. The quantitative estimate of drug-likeness (QED) is 0.925. The van der Waals surface area contributed by atoms with Crippen LogP contribution in [0.5, 0.6) is 0 Å². The smallest absolute Gasteiger partial charge is 0.160 e. The van der Waals surface area contributed by atoms with Gasteiger partial charge in [-0.05, 0) is 57.1 Å². The van der Waals surface area contributed by atoms with Crippen LogP contribution >= 0.6 is 0 Å². The molecule has 0 saturated carbocycles. The number of nitrogens with one attached hydrogen (secondary N) is 1. The number of nitrogens with zero attached hydrogens (tertiary/aromatic N) is 2. The minimum atomic E-state index is -0.259. The molecule has 1 aliphatic heterocycles. The molecule has 1 N–H and O–H groups in total. The van der Waals surface area contributed by atoms with Crippen LogP contribution in [0.4, 0.5) is 0 Å². The van der Waals surface area contributed by atoms with Gasteiger partial charge in [-0.3, -0.25) is 0 Å². The van der Waals surface area contributed by atoms with Crippen molar-refractivity contribution in [2.45, 2.75) is 64.5 Å². The van der Waals surface area contributed by atoms with E-state index < -0.39 is 0 Å². The molecule has 0 bridgehead atoms. The van der Waals surface area contributed by atoms with E-state index in [0.717, 1.165) is 44.7 Å². The van der Waals surface area contributed by atoms with Gasteiger partial charge >= 0.3 is 0 Å². The van der Waals surface area contributed by atoms with Gasteiger partial charge in [0.2, 0.25) is 0 Å². The van der Waals surface area contributed by atoms with Crippen LogP contribution in [0.15, 0.2) is 6.20 Å². The van der Waals surface area contributed by atoms with Crippen LogP contribution in [0.1, 0.15) is 57.1 Å². The van der Waals surface area contributed by atoms with E-state index in [4.69, 9.17) is 9.72 Å². The second kappa shape index (κ2) is 6.01. The van der Waals surface area contributed by atoms with E-state index in [9.17, 15) is 0 Å². The Kier molecular flexibility index (Phi) is 4.27. The number of hydrogen-bond acceptors (Lipinski definition) is 4. The Hall–Kier alpha value is -1.00. The predicted octanol–water partition coefficient (Wildman–Crippen LogP) is 2.61. The molecule has 1 fully saturated rings. The van der Waals surface area contributed by atoms with Crippen LogP contribution in [0.2, 0.25) is 0 Å². The van der Waals surface area contributed by atoms with Crippen LogP contribution in [0.25, 0.3) is 0 Å². The van der Waals surface area contributed by atoms with Gasteiger partial charge in [0.25, 0.3) is 0 Å². The molecule has 1 aliphatic carbocycles. The summed E-state index contributed by atoms with van der Waals surface area (Å²) < 4.78 is 5.87. The lowest BCUT2D eigenvalue weighted by Crippen LogP contribution is -2.32. The van der Waals surface area contributed by atoms with Crippen molar-refractivity contribution >= 4 is 0 Å². The second-order valence-corrected chi connectivity index (χ2v) is 7.02. The highest BCUT2D eigenvalue weighted by Crippen LogP contribution is 2.34. The Bertz CT molecular complexity index is 495. The van der Waals surface area contributed by atoms with Crippen molar-refractivity contribution in [3.63, 3.8) is 0 Å². The van der Waals surface area contributed by atoms with Crippen molar-refractivity contribution in [2.75, 3.05) is 13.2 Å². The third-order valence-electron chi connectivity index (χ3n) is 4.76. The maximum Gasteiger partial charge on any atom is 0.160 e. The summed E-state index contributed by atoms with van der Waals surface area (Å²) in [5, 5.41) is 3.55. The number of hydrogen-bond donors (Lipinski definition) is 1. The molecule has 116 valence electrons. The van der Waals surface area contributed by atoms with Crippen molar-refractivity contribution < 1.29 is 4.74 Å². The van der Waals surface area contributed by atoms with Crippen molar-refractivity contribution in [1.82, 2.24) is 15.3 Å². The summed E-state index contributed by atoms with van der Waals surface area (Å²) in [6.45, 7) is 8.46.